The topological polar surface area (TPSA) is 63.4 Å². The van der Waals surface area contributed by atoms with Crippen LogP contribution in [0.2, 0.25) is 0 Å². The maximum atomic E-state index is 11.5. The van der Waals surface area contributed by atoms with Crippen molar-refractivity contribution in [1.82, 2.24) is 4.90 Å². The summed E-state index contributed by atoms with van der Waals surface area (Å²) in [5.74, 6) is 2.23. The van der Waals surface area contributed by atoms with Crippen molar-refractivity contribution in [2.75, 3.05) is 31.6 Å². The molecule has 0 aromatic carbocycles. The predicted molar refractivity (Wildman–Crippen MR) is 69.6 cm³/mol. The van der Waals surface area contributed by atoms with Gasteiger partial charge in [-0.25, -0.2) is 8.42 Å². The molecule has 2 fully saturated rings. The zero-order valence-corrected chi connectivity index (χ0v) is 11.7. The van der Waals surface area contributed by atoms with Crippen LogP contribution in [-0.2, 0) is 9.84 Å². The zero-order valence-electron chi connectivity index (χ0n) is 10.9. The van der Waals surface area contributed by atoms with Crippen LogP contribution in [0.15, 0.2) is 0 Å². The molecule has 2 aliphatic rings. The van der Waals surface area contributed by atoms with Crippen LogP contribution in [-0.4, -0.2) is 50.5 Å². The Kier molecular flexibility index (Phi) is 3.54. The third-order valence-corrected chi connectivity index (χ3v) is 6.38. The van der Waals surface area contributed by atoms with Gasteiger partial charge in [0, 0.05) is 18.6 Å². The van der Waals surface area contributed by atoms with Gasteiger partial charge in [0.25, 0.3) is 0 Å². The van der Waals surface area contributed by atoms with Crippen molar-refractivity contribution in [2.24, 2.45) is 17.6 Å². The Hall–Kier alpha value is -0.130. The second-order valence-corrected chi connectivity index (χ2v) is 8.24. The highest BCUT2D eigenvalue weighted by molar-refractivity contribution is 7.91. The highest BCUT2D eigenvalue weighted by Gasteiger charge is 2.42. The smallest absolute Gasteiger partial charge is 0.150 e. The number of rotatable bonds is 4. The summed E-state index contributed by atoms with van der Waals surface area (Å²) in [6, 6.07) is 0. The summed E-state index contributed by atoms with van der Waals surface area (Å²) in [6.45, 7) is 3.91. The standard InChI is InChI=1S/C12H24N2O2S/c1-10-7-11(10)8-14(2)12(9-13)3-5-17(15,16)6-4-12/h10-11H,3-9,13H2,1-2H3. The minimum atomic E-state index is -2.80. The summed E-state index contributed by atoms with van der Waals surface area (Å²) in [6.07, 6.45) is 2.70. The van der Waals surface area contributed by atoms with Crippen LogP contribution in [0.1, 0.15) is 26.2 Å². The zero-order chi connectivity index (χ0) is 12.7. The summed E-state index contributed by atoms with van der Waals surface area (Å²) in [5, 5.41) is 0. The molecule has 0 radical (unpaired) electrons. The van der Waals surface area contributed by atoms with Crippen LogP contribution < -0.4 is 5.73 Å². The van der Waals surface area contributed by atoms with E-state index in [0.717, 1.165) is 18.4 Å². The van der Waals surface area contributed by atoms with Gasteiger partial charge in [0.05, 0.1) is 11.5 Å². The Bertz CT molecular complexity index is 366. The van der Waals surface area contributed by atoms with E-state index in [9.17, 15) is 8.42 Å². The van der Waals surface area contributed by atoms with Gasteiger partial charge in [-0.3, -0.25) is 4.90 Å². The third-order valence-electron chi connectivity index (χ3n) is 4.73. The minimum Gasteiger partial charge on any atom is -0.329 e. The molecule has 1 heterocycles. The molecule has 2 atom stereocenters. The number of hydrogen-bond acceptors (Lipinski definition) is 4. The van der Waals surface area contributed by atoms with Crippen molar-refractivity contribution >= 4 is 9.84 Å². The van der Waals surface area contributed by atoms with Gasteiger partial charge < -0.3 is 5.73 Å². The van der Waals surface area contributed by atoms with Crippen LogP contribution in [0.5, 0.6) is 0 Å². The van der Waals surface area contributed by atoms with Crippen LogP contribution in [0, 0.1) is 11.8 Å². The van der Waals surface area contributed by atoms with E-state index in [1.165, 1.54) is 6.42 Å². The van der Waals surface area contributed by atoms with E-state index in [2.05, 4.69) is 18.9 Å². The lowest BCUT2D eigenvalue weighted by Crippen LogP contribution is -2.56. The molecule has 4 nitrogen and oxygen atoms in total. The quantitative estimate of drug-likeness (QED) is 0.798. The first-order chi connectivity index (χ1) is 7.88. The second-order valence-electron chi connectivity index (χ2n) is 5.93. The fourth-order valence-electron chi connectivity index (χ4n) is 2.86. The van der Waals surface area contributed by atoms with E-state index in [0.29, 0.717) is 30.9 Å². The number of likely N-dealkylation sites (N-methyl/N-ethyl adjacent to an activating group) is 1. The summed E-state index contributed by atoms with van der Waals surface area (Å²) in [5.41, 5.74) is 5.85. The molecule has 0 bridgehead atoms. The monoisotopic (exact) mass is 260 g/mol. The number of sulfone groups is 1. The minimum absolute atomic E-state index is 0.0758. The third kappa shape index (κ3) is 2.83. The molecular weight excluding hydrogens is 236 g/mol. The first-order valence-electron chi connectivity index (χ1n) is 6.50. The van der Waals surface area contributed by atoms with Gasteiger partial charge in [-0.05, 0) is 38.1 Å². The lowest BCUT2D eigenvalue weighted by atomic mass is 9.90. The maximum absolute atomic E-state index is 11.5. The van der Waals surface area contributed by atoms with Gasteiger partial charge in [-0.2, -0.15) is 0 Å². The SMILES string of the molecule is CC1CC1CN(C)C1(CN)CCS(=O)(=O)CC1. The molecule has 2 unspecified atom stereocenters. The first kappa shape index (κ1) is 13.3. The highest BCUT2D eigenvalue weighted by atomic mass is 32.2. The number of nitrogens with two attached hydrogens (primary N) is 1. The van der Waals surface area contributed by atoms with Crippen molar-refractivity contribution in [2.45, 2.75) is 31.7 Å². The molecule has 1 saturated heterocycles. The molecule has 1 saturated carbocycles. The molecule has 100 valence electrons. The van der Waals surface area contributed by atoms with Gasteiger partial charge in [0.2, 0.25) is 0 Å². The normalized spacial score (nSPS) is 34.8. The Labute approximate surface area is 104 Å². The van der Waals surface area contributed by atoms with E-state index in [1.807, 2.05) is 0 Å². The Balaban J connectivity index is 1.99. The molecule has 0 amide bonds. The molecule has 17 heavy (non-hydrogen) atoms. The molecule has 1 aliphatic carbocycles. The van der Waals surface area contributed by atoms with Crippen molar-refractivity contribution in [3.05, 3.63) is 0 Å². The molecular formula is C12H24N2O2S. The molecule has 0 spiro atoms. The Morgan fingerprint density at radius 3 is 2.29 bits per heavy atom. The largest absolute Gasteiger partial charge is 0.329 e. The lowest BCUT2D eigenvalue weighted by Gasteiger charge is -2.44. The van der Waals surface area contributed by atoms with E-state index >= 15 is 0 Å². The highest BCUT2D eigenvalue weighted by Crippen LogP contribution is 2.40. The fraction of sp³-hybridized carbons (Fsp3) is 1.00. The van der Waals surface area contributed by atoms with Crippen molar-refractivity contribution in [3.8, 4) is 0 Å². The van der Waals surface area contributed by atoms with Crippen LogP contribution in [0.25, 0.3) is 0 Å². The van der Waals surface area contributed by atoms with Crippen molar-refractivity contribution in [3.63, 3.8) is 0 Å². The van der Waals surface area contributed by atoms with E-state index in [1.54, 1.807) is 0 Å². The fourth-order valence-corrected chi connectivity index (χ4v) is 4.44. The van der Waals surface area contributed by atoms with Gasteiger partial charge >= 0.3 is 0 Å². The maximum Gasteiger partial charge on any atom is 0.150 e. The Morgan fingerprint density at radius 2 is 1.88 bits per heavy atom. The molecule has 5 heteroatoms. The average molecular weight is 260 g/mol. The number of nitrogens with zero attached hydrogens (tertiary/aromatic N) is 1. The van der Waals surface area contributed by atoms with Gasteiger partial charge in [-0.1, -0.05) is 6.92 Å². The molecule has 0 aromatic rings. The summed E-state index contributed by atoms with van der Waals surface area (Å²) in [7, 11) is -0.696. The van der Waals surface area contributed by atoms with Crippen LogP contribution in [0.4, 0.5) is 0 Å². The summed E-state index contributed by atoms with van der Waals surface area (Å²) >= 11 is 0. The van der Waals surface area contributed by atoms with Gasteiger partial charge in [-0.15, -0.1) is 0 Å². The molecule has 0 aromatic heterocycles. The van der Waals surface area contributed by atoms with Crippen molar-refractivity contribution in [1.29, 1.82) is 0 Å². The second kappa shape index (κ2) is 4.52. The van der Waals surface area contributed by atoms with Crippen molar-refractivity contribution < 1.29 is 8.42 Å². The first-order valence-corrected chi connectivity index (χ1v) is 8.32. The van der Waals surface area contributed by atoms with Crippen LogP contribution >= 0.6 is 0 Å². The van der Waals surface area contributed by atoms with Gasteiger partial charge in [0.15, 0.2) is 0 Å². The predicted octanol–water partition coefficient (Wildman–Crippen LogP) is 0.480. The number of hydrogen-bond donors (Lipinski definition) is 1. The lowest BCUT2D eigenvalue weighted by molar-refractivity contribution is 0.106. The van der Waals surface area contributed by atoms with Crippen LogP contribution in [0.3, 0.4) is 0 Å². The van der Waals surface area contributed by atoms with E-state index in [4.69, 9.17) is 5.73 Å². The van der Waals surface area contributed by atoms with E-state index < -0.39 is 9.84 Å². The molecule has 2 N–H and O–H groups in total. The molecule has 1 aliphatic heterocycles. The summed E-state index contributed by atoms with van der Waals surface area (Å²) in [4.78, 5) is 2.33. The molecule has 2 rings (SSSR count). The van der Waals surface area contributed by atoms with E-state index in [-0.39, 0.29) is 5.54 Å². The average Bonchev–Trinajstić information content (AvgIpc) is 2.95. The van der Waals surface area contributed by atoms with Gasteiger partial charge in [0.1, 0.15) is 9.84 Å². The summed E-state index contributed by atoms with van der Waals surface area (Å²) < 4.78 is 23.0. The Morgan fingerprint density at radius 1 is 1.35 bits per heavy atom.